The van der Waals surface area contributed by atoms with Gasteiger partial charge in [-0.3, -0.25) is 60.8 Å². The first-order valence-corrected chi connectivity index (χ1v) is 43.5. The van der Waals surface area contributed by atoms with E-state index in [0.29, 0.717) is 40.6 Å². The number of carbonyl (C=O) groups is 7. The summed E-state index contributed by atoms with van der Waals surface area (Å²) >= 11 is 27.2. The maximum Gasteiger partial charge on any atom is 0.353 e. The molecule has 6 N–H and O–H groups in total. The molecule has 0 saturated carbocycles. The average molecular weight is 1820 g/mol. The van der Waals surface area contributed by atoms with E-state index in [1.54, 1.807) is 137 Å². The third-order valence-electron chi connectivity index (χ3n) is 15.5. The molecule has 4 unspecified atom stereocenters. The summed E-state index contributed by atoms with van der Waals surface area (Å²) in [5, 5.41) is 14.2. The summed E-state index contributed by atoms with van der Waals surface area (Å²) in [5.74, 6) is -11.3. The van der Waals surface area contributed by atoms with Crippen LogP contribution < -0.4 is 16.0 Å². The Balaban J connectivity index is 0.000000263. The largest absolute Gasteiger partial charge is 0.449 e. The topological polar surface area (TPSA) is 332 Å². The highest BCUT2D eigenvalue weighted by Gasteiger charge is 2.46. The van der Waals surface area contributed by atoms with Gasteiger partial charge in [0.1, 0.15) is 0 Å². The lowest BCUT2D eigenvalue weighted by atomic mass is 9.98. The minimum absolute atomic E-state index is 0.0594. The SMILES string of the molecule is CC(C)(C)C(=O)OCCl.CC(C)(C)C(=O)OCOP(=O)(O)C(C(=O)N/C=C/c1ccc(F)c(F)c1)c1csc2ccc(Cl)cc12.CC(C)(C)C(=O)OCOP(=O)(OCOC(=O)C(C)(C)C)C(C(=O)N/C=C/c1ccc(F)c(F)c1)c1csc2ccc(Cl)cc12.O=C(N/C=C/c1ccc(F)c(F)c1)C(c1csc2ccc(Cl)cc12)P(=O)(O)O. The monoisotopic (exact) mass is 1820 g/mol. The molecular formula is C78H80Cl4F6N3O20P3S3. The molecule has 9 rings (SSSR count). The van der Waals surface area contributed by atoms with Crippen molar-refractivity contribution in [2.75, 3.05) is 26.4 Å². The lowest BCUT2D eigenvalue weighted by Crippen LogP contribution is -2.29. The standard InChI is InChI=1S/C30H33ClF2NO8PS.C24H23ClF2NO6PS.C18H13ClF2NO4PS.C6H11ClO2/c1-29(2,3)27(36)39-16-41-43(38,42-17-40-28(37)30(4,5)6)25(21-15-44-24-10-8-19(31)14-20(21)24)26(35)34-12-11-18-7-9-22(32)23(33)13-18;1-24(2,3)23(30)33-13-34-35(31,32)21(17-12-36-20-7-5-15(25)11-16(17)20)22(29)28-9-8-14-4-6-18(26)19(27)10-14;19-11-2-4-16-12(8-11)13(9-28-16)17(27(24,25)26)18(23)22-6-5-10-1-3-14(20)15(21)7-10;1-6(2,3)5(8)9-4-7/h7-15,25H,16-17H2,1-6H3,(H,34,35);4-12,21H,13H2,1-3H3,(H,28,29)(H,31,32);1-9,17H,(H,22,23)(H2,24,25,26);4H2,1-3H3/b12-11+;9-8+;6-5+;. The van der Waals surface area contributed by atoms with Crippen LogP contribution in [0, 0.1) is 56.6 Å². The van der Waals surface area contributed by atoms with Crippen molar-refractivity contribution in [1.29, 1.82) is 0 Å². The summed E-state index contributed by atoms with van der Waals surface area (Å²) in [7, 11) is -14.3. The maximum absolute atomic E-state index is 14.5. The van der Waals surface area contributed by atoms with Crippen LogP contribution in [0.3, 0.4) is 0 Å². The van der Waals surface area contributed by atoms with Crippen LogP contribution >= 0.6 is 103 Å². The van der Waals surface area contributed by atoms with Crippen molar-refractivity contribution in [1.82, 2.24) is 16.0 Å². The molecule has 0 aliphatic carbocycles. The van der Waals surface area contributed by atoms with E-state index in [4.69, 9.17) is 74.2 Å². The van der Waals surface area contributed by atoms with E-state index in [1.165, 1.54) is 87.3 Å². The number of thiophene rings is 3. The Kier molecular flexibility index (Phi) is 35.3. The number of ether oxygens (including phenoxy) is 4. The summed E-state index contributed by atoms with van der Waals surface area (Å²) in [6.07, 6.45) is 7.24. The maximum atomic E-state index is 14.5. The molecule has 23 nitrogen and oxygen atoms in total. The van der Waals surface area contributed by atoms with Gasteiger partial charge in [-0.1, -0.05) is 64.6 Å². The van der Waals surface area contributed by atoms with Gasteiger partial charge in [0.2, 0.25) is 38.1 Å². The number of carbonyl (C=O) groups excluding carboxylic acids is 7. The molecule has 117 heavy (non-hydrogen) atoms. The van der Waals surface area contributed by atoms with Crippen LogP contribution in [-0.2, 0) is 79.8 Å². The number of halogens is 10. The van der Waals surface area contributed by atoms with Crippen molar-refractivity contribution in [3.63, 3.8) is 0 Å². The van der Waals surface area contributed by atoms with Crippen LogP contribution in [0.4, 0.5) is 26.3 Å². The fourth-order valence-corrected chi connectivity index (χ4v) is 17.2. The van der Waals surface area contributed by atoms with Crippen LogP contribution in [0.5, 0.6) is 0 Å². The third-order valence-corrected chi connectivity index (χ3v) is 24.2. The van der Waals surface area contributed by atoms with Crippen LogP contribution in [-0.4, -0.2) is 82.7 Å². The molecule has 0 saturated heterocycles. The number of alkyl halides is 1. The van der Waals surface area contributed by atoms with Gasteiger partial charge in [0, 0.05) is 47.8 Å². The van der Waals surface area contributed by atoms with Crippen molar-refractivity contribution in [3.05, 3.63) is 227 Å². The normalized spacial score (nSPS) is 13.4. The number of fused-ring (bicyclic) bond motifs is 3. The lowest BCUT2D eigenvalue weighted by Gasteiger charge is -2.27. The molecule has 0 fully saturated rings. The number of amides is 3. The van der Waals surface area contributed by atoms with Gasteiger partial charge in [-0.05, 0) is 258 Å². The van der Waals surface area contributed by atoms with Gasteiger partial charge in [0.05, 0.1) is 21.7 Å². The van der Waals surface area contributed by atoms with E-state index in [1.807, 2.05) is 0 Å². The van der Waals surface area contributed by atoms with Gasteiger partial charge in [-0.2, -0.15) is 0 Å². The second-order valence-electron chi connectivity index (χ2n) is 29.0. The Morgan fingerprint density at radius 2 is 0.684 bits per heavy atom. The predicted molar refractivity (Wildman–Crippen MR) is 440 cm³/mol. The quantitative estimate of drug-likeness (QED) is 0.00773. The number of nitrogens with one attached hydrogen (secondary N) is 3. The fourth-order valence-electron chi connectivity index (χ4n) is 9.48. The average Bonchev–Trinajstić information content (AvgIpc) is 1.68. The molecule has 9 aromatic rings. The van der Waals surface area contributed by atoms with Gasteiger partial charge >= 0.3 is 46.7 Å². The van der Waals surface area contributed by atoms with Crippen molar-refractivity contribution in [2.24, 2.45) is 21.7 Å². The van der Waals surface area contributed by atoms with E-state index in [2.05, 4.69) is 20.7 Å². The van der Waals surface area contributed by atoms with Crippen LogP contribution in [0.1, 0.15) is 133 Å². The zero-order valence-electron chi connectivity index (χ0n) is 64.3. The highest BCUT2D eigenvalue weighted by molar-refractivity contribution is 7.55. The zero-order chi connectivity index (χ0) is 87.5. The summed E-state index contributed by atoms with van der Waals surface area (Å²) in [5.41, 5.74) is -7.00. The Labute approximate surface area is 700 Å². The number of hydrogen-bond donors (Lipinski definition) is 6. The van der Waals surface area contributed by atoms with Crippen molar-refractivity contribution in [3.8, 4) is 0 Å². The molecule has 0 radical (unpaired) electrons. The first-order valence-electron chi connectivity index (χ1n) is 34.3. The molecule has 0 aliphatic heterocycles. The molecular weight excluding hydrogens is 1740 g/mol. The summed E-state index contributed by atoms with van der Waals surface area (Å²) in [6, 6.07) is 24.1. The molecule has 3 amide bonds. The van der Waals surface area contributed by atoms with E-state index >= 15 is 0 Å². The summed E-state index contributed by atoms with van der Waals surface area (Å²) in [4.78, 5) is 117. The zero-order valence-corrected chi connectivity index (χ0v) is 72.4. The van der Waals surface area contributed by atoms with Gasteiger partial charge in [0.25, 0.3) is 0 Å². The molecule has 0 aliphatic rings. The molecule has 0 spiro atoms. The molecule has 3 aromatic heterocycles. The number of benzene rings is 6. The molecule has 4 atom stereocenters. The minimum atomic E-state index is -4.86. The summed E-state index contributed by atoms with van der Waals surface area (Å²) < 4.78 is 158. The van der Waals surface area contributed by atoms with Crippen molar-refractivity contribution >= 4 is 193 Å². The van der Waals surface area contributed by atoms with Gasteiger partial charge in [0.15, 0.2) is 57.9 Å². The van der Waals surface area contributed by atoms with E-state index in [0.717, 1.165) is 59.7 Å². The molecule has 0 bridgehead atoms. The Bertz CT molecular complexity index is 5330. The fraction of sp³-hybridized carbons (Fsp3) is 0.295. The number of rotatable bonds is 25. The summed E-state index contributed by atoms with van der Waals surface area (Å²) in [6.45, 7) is 17.2. The molecule has 39 heteroatoms. The lowest BCUT2D eigenvalue weighted by molar-refractivity contribution is -0.162. The number of esters is 4. The van der Waals surface area contributed by atoms with Crippen LogP contribution in [0.25, 0.3) is 48.5 Å². The van der Waals surface area contributed by atoms with Gasteiger partial charge < -0.3 is 49.6 Å². The van der Waals surface area contributed by atoms with Crippen molar-refractivity contribution < 1.29 is 121 Å². The van der Waals surface area contributed by atoms with Crippen molar-refractivity contribution in [2.45, 2.75) is 100 Å². The molecule has 630 valence electrons. The Morgan fingerprint density at radius 1 is 0.402 bits per heavy atom. The number of hydrogen-bond acceptors (Lipinski definition) is 20. The first kappa shape index (κ1) is 97.7. The highest BCUT2D eigenvalue weighted by atomic mass is 35.5. The van der Waals surface area contributed by atoms with E-state index in [9.17, 15) is 88.3 Å². The second kappa shape index (κ2) is 42.2. The van der Waals surface area contributed by atoms with Crippen LogP contribution in [0.15, 0.2) is 144 Å². The predicted octanol–water partition coefficient (Wildman–Crippen LogP) is 21.0. The smallest absolute Gasteiger partial charge is 0.353 e. The first-order chi connectivity index (χ1) is 54.4. The Hall–Kier alpha value is -8.10. The van der Waals surface area contributed by atoms with Crippen LogP contribution in [0.2, 0.25) is 15.1 Å². The van der Waals surface area contributed by atoms with Gasteiger partial charge in [-0.25, -0.2) is 26.3 Å². The van der Waals surface area contributed by atoms with E-state index in [-0.39, 0.29) is 45.4 Å². The minimum Gasteiger partial charge on any atom is -0.449 e. The second-order valence-corrected chi connectivity index (χ2v) is 39.0. The molecule has 6 aromatic carbocycles. The molecule has 3 heterocycles. The third kappa shape index (κ3) is 28.8. The van der Waals surface area contributed by atoms with Gasteiger partial charge in [-0.15, -0.1) is 34.0 Å². The highest BCUT2D eigenvalue weighted by Crippen LogP contribution is 2.63. The van der Waals surface area contributed by atoms with E-state index < -0.39 is 152 Å². The Morgan fingerprint density at radius 3 is 0.974 bits per heavy atom.